The minimum Gasteiger partial charge on any atom is -0.0616 e. The highest BCUT2D eigenvalue weighted by Crippen LogP contribution is 2.26. The highest BCUT2D eigenvalue weighted by molar-refractivity contribution is 9.10. The number of hydrogen-bond acceptors (Lipinski definition) is 0. The van der Waals surface area contributed by atoms with Crippen LogP contribution in [0.15, 0.2) is 89.4 Å². The van der Waals surface area contributed by atoms with Gasteiger partial charge in [0.05, 0.1) is 0 Å². The van der Waals surface area contributed by atoms with Gasteiger partial charge in [0.1, 0.15) is 0 Å². The van der Waals surface area contributed by atoms with Crippen LogP contribution in [-0.2, 0) is 0 Å². The maximum atomic E-state index is 3.49. The average Bonchev–Trinajstić information content (AvgIpc) is 2.73. The van der Waals surface area contributed by atoms with Gasteiger partial charge in [0.25, 0.3) is 0 Å². The van der Waals surface area contributed by atoms with E-state index < -0.39 is 0 Å². The molecule has 0 bridgehead atoms. The van der Waals surface area contributed by atoms with Crippen LogP contribution in [0.1, 0.15) is 27.8 Å². The van der Waals surface area contributed by atoms with Crippen molar-refractivity contribution in [1.82, 2.24) is 0 Å². The first-order chi connectivity index (χ1) is 13.7. The topological polar surface area (TPSA) is 0 Å². The van der Waals surface area contributed by atoms with E-state index in [1.807, 2.05) is 0 Å². The van der Waals surface area contributed by atoms with Crippen LogP contribution in [0.4, 0.5) is 0 Å². The minimum absolute atomic E-state index is 1.10. The lowest BCUT2D eigenvalue weighted by Gasteiger charge is -2.07. The van der Waals surface area contributed by atoms with Gasteiger partial charge in [-0.2, -0.15) is 0 Å². The largest absolute Gasteiger partial charge is 0.0616 e. The number of benzene rings is 4. The highest BCUT2D eigenvalue weighted by Gasteiger charge is 2.02. The lowest BCUT2D eigenvalue weighted by molar-refractivity contribution is 1.46. The summed E-state index contributed by atoms with van der Waals surface area (Å²) in [7, 11) is 0. The van der Waals surface area contributed by atoms with Crippen molar-refractivity contribution in [2.45, 2.75) is 6.92 Å². The lowest BCUT2D eigenvalue weighted by atomic mass is 9.98. The van der Waals surface area contributed by atoms with E-state index in [0.29, 0.717) is 0 Å². The Labute approximate surface area is 175 Å². The minimum atomic E-state index is 1.10. The number of halogens is 1. The molecule has 28 heavy (non-hydrogen) atoms. The molecule has 0 saturated carbocycles. The Kier molecular flexibility index (Phi) is 5.55. The third-order valence-corrected chi connectivity index (χ3v) is 5.38. The Hall–Kier alpha value is -2.90. The van der Waals surface area contributed by atoms with E-state index in [1.54, 1.807) is 0 Å². The van der Waals surface area contributed by atoms with E-state index in [4.69, 9.17) is 0 Å². The zero-order valence-corrected chi connectivity index (χ0v) is 17.4. The quantitative estimate of drug-likeness (QED) is 0.289. The van der Waals surface area contributed by atoms with Gasteiger partial charge in [0, 0.05) is 4.47 Å². The predicted molar refractivity (Wildman–Crippen MR) is 127 cm³/mol. The molecule has 4 aromatic rings. The van der Waals surface area contributed by atoms with E-state index in [9.17, 15) is 0 Å². The van der Waals surface area contributed by atoms with Crippen LogP contribution in [0.2, 0.25) is 0 Å². The van der Waals surface area contributed by atoms with Crippen LogP contribution in [0.5, 0.6) is 0 Å². The second-order valence-corrected chi connectivity index (χ2v) is 7.83. The van der Waals surface area contributed by atoms with Crippen molar-refractivity contribution in [2.24, 2.45) is 0 Å². The van der Waals surface area contributed by atoms with Crippen molar-refractivity contribution in [2.75, 3.05) is 0 Å². The Bertz CT molecular complexity index is 1050. The fourth-order valence-electron chi connectivity index (χ4n) is 3.26. The maximum Gasteiger partial charge on any atom is 0.0175 e. The van der Waals surface area contributed by atoms with Crippen molar-refractivity contribution < 1.29 is 0 Å². The summed E-state index contributed by atoms with van der Waals surface area (Å²) in [5.74, 6) is 0. The van der Waals surface area contributed by atoms with Gasteiger partial charge in [-0.1, -0.05) is 119 Å². The first kappa shape index (κ1) is 18.5. The Morgan fingerprint density at radius 3 is 1.50 bits per heavy atom. The summed E-state index contributed by atoms with van der Waals surface area (Å²) < 4.78 is 1.10. The highest BCUT2D eigenvalue weighted by atomic mass is 79.9. The first-order valence-electron chi connectivity index (χ1n) is 9.39. The molecule has 0 fully saturated rings. The molecule has 0 aliphatic rings. The monoisotopic (exact) mass is 424 g/mol. The molecule has 0 saturated heterocycles. The Morgan fingerprint density at radius 1 is 0.536 bits per heavy atom. The summed E-state index contributed by atoms with van der Waals surface area (Å²) in [5.41, 5.74) is 6.15. The molecule has 0 heterocycles. The maximum absolute atomic E-state index is 3.49. The second-order valence-electron chi connectivity index (χ2n) is 6.92. The fourth-order valence-corrected chi connectivity index (χ4v) is 3.52. The second kappa shape index (κ2) is 8.41. The third-order valence-electron chi connectivity index (χ3n) is 4.85. The van der Waals surface area contributed by atoms with E-state index >= 15 is 0 Å². The summed E-state index contributed by atoms with van der Waals surface area (Å²) in [6.07, 6.45) is 8.74. The molecule has 0 aromatic heterocycles. The molecule has 4 aromatic carbocycles. The molecule has 0 amide bonds. The van der Waals surface area contributed by atoms with Crippen LogP contribution < -0.4 is 0 Å². The molecule has 136 valence electrons. The van der Waals surface area contributed by atoms with E-state index in [-0.39, 0.29) is 0 Å². The zero-order valence-electron chi connectivity index (χ0n) is 15.8. The summed E-state index contributed by atoms with van der Waals surface area (Å²) in [4.78, 5) is 0. The van der Waals surface area contributed by atoms with Gasteiger partial charge < -0.3 is 0 Å². The SMILES string of the molecule is Cc1ccc(/C=C/c2ccc(/C=C/c3ccc(Br)cc3)c3ccccc23)cc1. The summed E-state index contributed by atoms with van der Waals surface area (Å²) >= 11 is 3.49. The van der Waals surface area contributed by atoms with Crippen molar-refractivity contribution in [1.29, 1.82) is 0 Å². The molecule has 0 unspecified atom stereocenters. The molecule has 1 heteroatoms. The molecular weight excluding hydrogens is 404 g/mol. The number of fused-ring (bicyclic) bond motifs is 1. The Balaban J connectivity index is 1.68. The van der Waals surface area contributed by atoms with Gasteiger partial charge >= 0.3 is 0 Å². The predicted octanol–water partition coefficient (Wildman–Crippen LogP) is 8.25. The molecule has 0 nitrogen and oxygen atoms in total. The molecule has 0 aliphatic carbocycles. The van der Waals surface area contributed by atoms with Gasteiger partial charge in [-0.3, -0.25) is 0 Å². The standard InChI is InChI=1S/C27H21Br/c1-20-6-8-21(9-7-20)10-14-23-16-17-24(27-5-3-2-4-26(23)27)15-11-22-12-18-25(28)19-13-22/h2-19H,1H3/b14-10+,15-11+. The summed E-state index contributed by atoms with van der Waals surface area (Å²) in [6, 6.07) is 30.0. The van der Waals surface area contributed by atoms with Gasteiger partial charge in [-0.15, -0.1) is 0 Å². The third kappa shape index (κ3) is 4.32. The van der Waals surface area contributed by atoms with Crippen LogP contribution in [0.3, 0.4) is 0 Å². The average molecular weight is 425 g/mol. The molecule has 4 rings (SSSR count). The Morgan fingerprint density at radius 2 is 1.00 bits per heavy atom. The smallest absolute Gasteiger partial charge is 0.0175 e. The van der Waals surface area contributed by atoms with E-state index in [2.05, 4.69) is 132 Å². The van der Waals surface area contributed by atoms with Crippen LogP contribution >= 0.6 is 15.9 Å². The zero-order chi connectivity index (χ0) is 19.3. The molecular formula is C27H21Br. The van der Waals surface area contributed by atoms with Gasteiger partial charge in [0.2, 0.25) is 0 Å². The van der Waals surface area contributed by atoms with Crippen molar-refractivity contribution >= 4 is 51.0 Å². The van der Waals surface area contributed by atoms with Gasteiger partial charge in [-0.25, -0.2) is 0 Å². The summed E-state index contributed by atoms with van der Waals surface area (Å²) in [6.45, 7) is 2.11. The fraction of sp³-hybridized carbons (Fsp3) is 0.0370. The number of rotatable bonds is 4. The van der Waals surface area contributed by atoms with Crippen LogP contribution in [-0.4, -0.2) is 0 Å². The van der Waals surface area contributed by atoms with Crippen LogP contribution in [0, 0.1) is 6.92 Å². The number of hydrogen-bond donors (Lipinski definition) is 0. The normalized spacial score (nSPS) is 11.6. The van der Waals surface area contributed by atoms with E-state index in [0.717, 1.165) is 4.47 Å². The van der Waals surface area contributed by atoms with Gasteiger partial charge in [0.15, 0.2) is 0 Å². The van der Waals surface area contributed by atoms with Crippen molar-refractivity contribution in [3.63, 3.8) is 0 Å². The van der Waals surface area contributed by atoms with Crippen LogP contribution in [0.25, 0.3) is 35.1 Å². The van der Waals surface area contributed by atoms with Crippen molar-refractivity contribution in [3.05, 3.63) is 117 Å². The molecule has 0 atom stereocenters. The molecule has 0 aliphatic heterocycles. The van der Waals surface area contributed by atoms with E-state index in [1.165, 1.54) is 38.6 Å². The lowest BCUT2D eigenvalue weighted by Crippen LogP contribution is -1.83. The molecule has 0 radical (unpaired) electrons. The number of aryl methyl sites for hydroxylation is 1. The van der Waals surface area contributed by atoms with Gasteiger partial charge in [-0.05, 0) is 52.1 Å². The first-order valence-corrected chi connectivity index (χ1v) is 10.2. The van der Waals surface area contributed by atoms with Crippen molar-refractivity contribution in [3.8, 4) is 0 Å². The summed E-state index contributed by atoms with van der Waals surface area (Å²) in [5, 5.41) is 2.53. The molecule has 0 N–H and O–H groups in total. The molecule has 0 spiro atoms.